The molecule has 25 heavy (non-hydrogen) atoms. The largest absolute Gasteiger partial charge is 0.435 e. The lowest BCUT2D eigenvalue weighted by Crippen LogP contribution is -2.51. The first-order chi connectivity index (χ1) is 11.8. The highest BCUT2D eigenvalue weighted by atomic mass is 32.1. The number of benzene rings is 1. The molecular weight excluding hydrogens is 354 g/mol. The summed E-state index contributed by atoms with van der Waals surface area (Å²) in [7, 11) is 0. The molecule has 1 fully saturated rings. The van der Waals surface area contributed by atoms with Gasteiger partial charge >= 0.3 is 12.6 Å². The standard InChI is InChI=1S/C15H16F2N4O3S/c1-3-8-18-13(25)20-21-11(22)15(2,19-14(21)23)9-4-6-10(7-5-9)24-12(16)17/h3-7,12H,1,8H2,2H3,(H,19,23)(H2,18,20,25). The third kappa shape index (κ3) is 4.02. The zero-order valence-electron chi connectivity index (χ0n) is 13.2. The van der Waals surface area contributed by atoms with Gasteiger partial charge in [-0.25, -0.2) is 4.79 Å². The van der Waals surface area contributed by atoms with Gasteiger partial charge in [0.05, 0.1) is 0 Å². The molecule has 3 N–H and O–H groups in total. The Morgan fingerprint density at radius 1 is 1.44 bits per heavy atom. The number of ether oxygens (including phenoxy) is 1. The van der Waals surface area contributed by atoms with Crippen molar-refractivity contribution in [3.05, 3.63) is 42.5 Å². The number of alkyl halides is 2. The van der Waals surface area contributed by atoms with Crippen LogP contribution in [-0.4, -0.2) is 35.2 Å². The van der Waals surface area contributed by atoms with Crippen molar-refractivity contribution in [1.29, 1.82) is 0 Å². The molecule has 1 aliphatic rings. The Kier molecular flexibility index (Phi) is 5.52. The molecule has 0 radical (unpaired) electrons. The zero-order chi connectivity index (χ0) is 18.6. The lowest BCUT2D eigenvalue weighted by Gasteiger charge is -2.23. The van der Waals surface area contributed by atoms with E-state index in [9.17, 15) is 18.4 Å². The van der Waals surface area contributed by atoms with Crippen LogP contribution in [-0.2, 0) is 10.3 Å². The number of rotatable bonds is 6. The number of halogens is 2. The highest BCUT2D eigenvalue weighted by molar-refractivity contribution is 7.80. The van der Waals surface area contributed by atoms with Crippen LogP contribution in [0.5, 0.6) is 5.75 Å². The molecule has 0 saturated carbocycles. The number of thiocarbonyl (C=S) groups is 1. The van der Waals surface area contributed by atoms with Crippen molar-refractivity contribution in [2.45, 2.75) is 19.1 Å². The monoisotopic (exact) mass is 370 g/mol. The second-order valence-corrected chi connectivity index (χ2v) is 5.62. The third-order valence-corrected chi connectivity index (χ3v) is 3.70. The van der Waals surface area contributed by atoms with Gasteiger partial charge in [0, 0.05) is 6.54 Å². The van der Waals surface area contributed by atoms with Gasteiger partial charge in [0.2, 0.25) is 0 Å². The van der Waals surface area contributed by atoms with E-state index < -0.39 is 24.1 Å². The van der Waals surface area contributed by atoms with E-state index >= 15 is 0 Å². The maximum absolute atomic E-state index is 12.6. The van der Waals surface area contributed by atoms with Crippen molar-refractivity contribution in [2.24, 2.45) is 0 Å². The van der Waals surface area contributed by atoms with E-state index in [1.165, 1.54) is 31.2 Å². The van der Waals surface area contributed by atoms with Crippen LogP contribution in [0.25, 0.3) is 0 Å². The Morgan fingerprint density at radius 2 is 2.08 bits per heavy atom. The average molecular weight is 370 g/mol. The minimum atomic E-state index is -2.95. The number of hydrogen-bond acceptors (Lipinski definition) is 4. The van der Waals surface area contributed by atoms with Crippen molar-refractivity contribution >= 4 is 29.3 Å². The molecule has 1 aromatic carbocycles. The first-order valence-corrected chi connectivity index (χ1v) is 7.56. The molecule has 0 bridgehead atoms. The second-order valence-electron chi connectivity index (χ2n) is 5.21. The molecule has 7 nitrogen and oxygen atoms in total. The van der Waals surface area contributed by atoms with E-state index in [0.29, 0.717) is 12.1 Å². The summed E-state index contributed by atoms with van der Waals surface area (Å²) in [5.41, 5.74) is 1.53. The Balaban J connectivity index is 2.15. The van der Waals surface area contributed by atoms with Gasteiger partial charge in [-0.15, -0.1) is 6.58 Å². The Bertz CT molecular complexity index is 699. The van der Waals surface area contributed by atoms with E-state index in [1.54, 1.807) is 6.08 Å². The fourth-order valence-electron chi connectivity index (χ4n) is 2.21. The summed E-state index contributed by atoms with van der Waals surface area (Å²) in [5.74, 6) is -0.647. The number of hydrogen-bond donors (Lipinski definition) is 3. The molecule has 1 heterocycles. The first-order valence-electron chi connectivity index (χ1n) is 7.15. The van der Waals surface area contributed by atoms with Gasteiger partial charge in [0.15, 0.2) is 5.11 Å². The summed E-state index contributed by atoms with van der Waals surface area (Å²) in [6.07, 6.45) is 1.56. The number of hydrazine groups is 1. The van der Waals surface area contributed by atoms with Crippen LogP contribution in [0.1, 0.15) is 12.5 Å². The molecule has 3 amide bonds. The van der Waals surface area contributed by atoms with E-state index in [-0.39, 0.29) is 10.9 Å². The summed E-state index contributed by atoms with van der Waals surface area (Å²) < 4.78 is 28.7. The van der Waals surface area contributed by atoms with E-state index in [0.717, 1.165) is 5.01 Å². The highest BCUT2D eigenvalue weighted by Gasteiger charge is 2.49. The number of carbonyl (C=O) groups excluding carboxylic acids is 2. The van der Waals surface area contributed by atoms with Crippen molar-refractivity contribution in [3.63, 3.8) is 0 Å². The Hall–Kier alpha value is -2.75. The number of carbonyl (C=O) groups is 2. The molecule has 1 aliphatic heterocycles. The summed E-state index contributed by atoms with van der Waals surface area (Å²) in [6.45, 7) is 2.43. The number of amides is 3. The van der Waals surface area contributed by atoms with Crippen molar-refractivity contribution in [1.82, 2.24) is 21.1 Å². The van der Waals surface area contributed by atoms with Crippen LogP contribution in [0.4, 0.5) is 13.6 Å². The van der Waals surface area contributed by atoms with Crippen LogP contribution in [0.2, 0.25) is 0 Å². The summed E-state index contributed by atoms with van der Waals surface area (Å²) in [6, 6.07) is 4.74. The Morgan fingerprint density at radius 3 is 2.64 bits per heavy atom. The number of nitrogens with one attached hydrogen (secondary N) is 3. The van der Waals surface area contributed by atoms with Gasteiger partial charge in [-0.2, -0.15) is 13.8 Å². The second kappa shape index (κ2) is 7.43. The predicted octanol–water partition coefficient (Wildman–Crippen LogP) is 1.62. The average Bonchev–Trinajstić information content (AvgIpc) is 2.77. The van der Waals surface area contributed by atoms with Crippen LogP contribution in [0.3, 0.4) is 0 Å². The molecule has 1 aromatic rings. The van der Waals surface area contributed by atoms with E-state index in [1.807, 2.05) is 0 Å². The van der Waals surface area contributed by atoms with Crippen molar-refractivity contribution < 1.29 is 23.1 Å². The summed E-state index contributed by atoms with van der Waals surface area (Å²) in [5, 5.41) is 6.11. The topological polar surface area (TPSA) is 82.7 Å². The molecule has 0 aliphatic carbocycles. The van der Waals surface area contributed by atoms with Gasteiger partial charge in [-0.3, -0.25) is 10.2 Å². The molecule has 1 atom stereocenters. The molecule has 0 spiro atoms. The SMILES string of the molecule is C=CCNC(=S)NN1C(=O)NC(C)(c2ccc(OC(F)F)cc2)C1=O. The summed E-state index contributed by atoms with van der Waals surface area (Å²) >= 11 is 4.98. The maximum Gasteiger partial charge on any atom is 0.387 e. The van der Waals surface area contributed by atoms with E-state index in [4.69, 9.17) is 12.2 Å². The van der Waals surface area contributed by atoms with Gasteiger partial charge in [-0.05, 0) is 36.8 Å². The van der Waals surface area contributed by atoms with Gasteiger partial charge in [0.25, 0.3) is 5.91 Å². The highest BCUT2D eigenvalue weighted by Crippen LogP contribution is 2.29. The van der Waals surface area contributed by atoms with E-state index in [2.05, 4.69) is 27.4 Å². The fraction of sp³-hybridized carbons (Fsp3) is 0.267. The van der Waals surface area contributed by atoms with Crippen LogP contribution >= 0.6 is 12.2 Å². The molecular formula is C15H16F2N4O3S. The minimum Gasteiger partial charge on any atom is -0.435 e. The van der Waals surface area contributed by atoms with Gasteiger partial charge in [-0.1, -0.05) is 18.2 Å². The normalized spacial score (nSPS) is 19.6. The number of urea groups is 1. The van der Waals surface area contributed by atoms with Crippen molar-refractivity contribution in [2.75, 3.05) is 6.54 Å². The Labute approximate surface area is 148 Å². The molecule has 2 rings (SSSR count). The van der Waals surface area contributed by atoms with Crippen LogP contribution in [0, 0.1) is 0 Å². The third-order valence-electron chi connectivity index (χ3n) is 3.47. The number of imide groups is 1. The van der Waals surface area contributed by atoms with Gasteiger partial charge < -0.3 is 15.4 Å². The quantitative estimate of drug-likeness (QED) is 0.401. The summed E-state index contributed by atoms with van der Waals surface area (Å²) in [4.78, 5) is 24.7. The van der Waals surface area contributed by atoms with Crippen LogP contribution < -0.4 is 20.8 Å². The lowest BCUT2D eigenvalue weighted by atomic mass is 9.92. The fourth-order valence-corrected chi connectivity index (χ4v) is 2.39. The molecule has 10 heteroatoms. The van der Waals surface area contributed by atoms with Crippen LogP contribution in [0.15, 0.2) is 36.9 Å². The predicted molar refractivity (Wildman–Crippen MR) is 89.7 cm³/mol. The molecule has 134 valence electrons. The smallest absolute Gasteiger partial charge is 0.387 e. The molecule has 1 unspecified atom stereocenters. The zero-order valence-corrected chi connectivity index (χ0v) is 14.0. The molecule has 0 aromatic heterocycles. The first kappa shape index (κ1) is 18.6. The lowest BCUT2D eigenvalue weighted by molar-refractivity contribution is -0.132. The minimum absolute atomic E-state index is 0.0519. The molecule has 1 saturated heterocycles. The van der Waals surface area contributed by atoms with Crippen molar-refractivity contribution in [3.8, 4) is 5.75 Å². The maximum atomic E-state index is 12.6. The number of nitrogens with zero attached hydrogens (tertiary/aromatic N) is 1. The van der Waals surface area contributed by atoms with Gasteiger partial charge in [0.1, 0.15) is 11.3 Å².